The zero-order valence-electron chi connectivity index (χ0n) is 11.6. The Hall–Kier alpha value is -1.48. The molecule has 0 heterocycles. The van der Waals surface area contributed by atoms with Crippen molar-refractivity contribution in [2.45, 2.75) is 45.4 Å². The molecule has 1 aromatic carbocycles. The molecule has 0 aliphatic heterocycles. The van der Waals surface area contributed by atoms with E-state index in [-0.39, 0.29) is 18.1 Å². The standard InChI is InChI=1S/C16H24O3/c1-13(6-4-2-3-5-11-17)7-8-14-12-15(18)9-10-16(14)19/h7,9-10,12,17-19H,2-6,8,11H2,1H3/b13-7+. The predicted octanol–water partition coefficient (Wildman–Crippen LogP) is 3.53. The van der Waals surface area contributed by atoms with Crippen LogP contribution in [0.25, 0.3) is 0 Å². The molecular weight excluding hydrogens is 240 g/mol. The maximum absolute atomic E-state index is 9.66. The molecule has 1 rings (SSSR count). The van der Waals surface area contributed by atoms with Gasteiger partial charge in [-0.25, -0.2) is 0 Å². The minimum atomic E-state index is 0.183. The van der Waals surface area contributed by atoms with Gasteiger partial charge in [0.1, 0.15) is 11.5 Å². The zero-order valence-corrected chi connectivity index (χ0v) is 11.6. The minimum absolute atomic E-state index is 0.183. The van der Waals surface area contributed by atoms with Gasteiger partial charge in [-0.1, -0.05) is 24.5 Å². The van der Waals surface area contributed by atoms with Gasteiger partial charge in [0.05, 0.1) is 0 Å². The Balaban J connectivity index is 2.36. The average molecular weight is 264 g/mol. The smallest absolute Gasteiger partial charge is 0.119 e. The van der Waals surface area contributed by atoms with E-state index in [4.69, 9.17) is 5.11 Å². The van der Waals surface area contributed by atoms with Crippen LogP contribution in [0.2, 0.25) is 0 Å². The Morgan fingerprint density at radius 3 is 2.58 bits per heavy atom. The van der Waals surface area contributed by atoms with Crippen LogP contribution in [0.1, 0.15) is 44.6 Å². The molecule has 0 spiro atoms. The molecule has 0 saturated heterocycles. The lowest BCUT2D eigenvalue weighted by atomic mass is 10.0. The first-order valence-electron chi connectivity index (χ1n) is 6.91. The molecule has 19 heavy (non-hydrogen) atoms. The molecule has 0 bridgehead atoms. The lowest BCUT2D eigenvalue weighted by Crippen LogP contribution is -1.87. The molecule has 0 saturated carbocycles. The number of hydrogen-bond donors (Lipinski definition) is 3. The lowest BCUT2D eigenvalue weighted by Gasteiger charge is -2.04. The van der Waals surface area contributed by atoms with Crippen LogP contribution in [0.3, 0.4) is 0 Å². The Bertz CT molecular complexity index is 410. The maximum Gasteiger partial charge on any atom is 0.119 e. The van der Waals surface area contributed by atoms with Crippen molar-refractivity contribution in [2.75, 3.05) is 6.61 Å². The summed E-state index contributed by atoms with van der Waals surface area (Å²) < 4.78 is 0. The largest absolute Gasteiger partial charge is 0.508 e. The third-order valence-corrected chi connectivity index (χ3v) is 3.21. The van der Waals surface area contributed by atoms with Crippen LogP contribution in [0, 0.1) is 0 Å². The number of phenols is 2. The highest BCUT2D eigenvalue weighted by molar-refractivity contribution is 5.39. The molecule has 3 heteroatoms. The quantitative estimate of drug-likeness (QED) is 0.382. The van der Waals surface area contributed by atoms with Crippen molar-refractivity contribution in [3.8, 4) is 11.5 Å². The van der Waals surface area contributed by atoms with Crippen LogP contribution in [-0.2, 0) is 6.42 Å². The van der Waals surface area contributed by atoms with E-state index in [1.807, 2.05) is 0 Å². The third-order valence-electron chi connectivity index (χ3n) is 3.21. The number of benzene rings is 1. The first-order valence-corrected chi connectivity index (χ1v) is 6.91. The van der Waals surface area contributed by atoms with Crippen LogP contribution in [0.5, 0.6) is 11.5 Å². The topological polar surface area (TPSA) is 60.7 Å². The Morgan fingerprint density at radius 1 is 1.11 bits per heavy atom. The maximum atomic E-state index is 9.66. The molecule has 3 N–H and O–H groups in total. The monoisotopic (exact) mass is 264 g/mol. The Labute approximate surface area is 115 Å². The second kappa shape index (κ2) is 8.59. The molecule has 0 radical (unpaired) electrons. The molecule has 0 aromatic heterocycles. The van der Waals surface area contributed by atoms with Crippen LogP contribution < -0.4 is 0 Å². The van der Waals surface area contributed by atoms with Gasteiger partial charge in [0.2, 0.25) is 0 Å². The van der Waals surface area contributed by atoms with E-state index in [0.717, 1.165) is 37.7 Å². The van der Waals surface area contributed by atoms with E-state index in [1.165, 1.54) is 17.7 Å². The van der Waals surface area contributed by atoms with Gasteiger partial charge in [0.15, 0.2) is 0 Å². The average Bonchev–Trinajstić information content (AvgIpc) is 2.39. The van der Waals surface area contributed by atoms with E-state index in [1.54, 1.807) is 6.07 Å². The molecule has 0 unspecified atom stereocenters. The highest BCUT2D eigenvalue weighted by Crippen LogP contribution is 2.23. The van der Waals surface area contributed by atoms with Crippen LogP contribution in [-0.4, -0.2) is 21.9 Å². The van der Waals surface area contributed by atoms with Gasteiger partial charge in [0.25, 0.3) is 0 Å². The van der Waals surface area contributed by atoms with Crippen LogP contribution in [0.4, 0.5) is 0 Å². The molecule has 0 atom stereocenters. The summed E-state index contributed by atoms with van der Waals surface area (Å²) in [5.41, 5.74) is 2.05. The van der Waals surface area contributed by atoms with E-state index < -0.39 is 0 Å². The van der Waals surface area contributed by atoms with Crippen molar-refractivity contribution in [3.05, 3.63) is 35.4 Å². The van der Waals surface area contributed by atoms with Crippen molar-refractivity contribution in [1.82, 2.24) is 0 Å². The lowest BCUT2D eigenvalue weighted by molar-refractivity contribution is 0.282. The van der Waals surface area contributed by atoms with Gasteiger partial charge >= 0.3 is 0 Å². The first-order chi connectivity index (χ1) is 9.13. The molecule has 0 fully saturated rings. The number of unbranched alkanes of at least 4 members (excludes halogenated alkanes) is 3. The first kappa shape index (κ1) is 15.6. The van der Waals surface area contributed by atoms with Crippen molar-refractivity contribution in [1.29, 1.82) is 0 Å². The van der Waals surface area contributed by atoms with Gasteiger partial charge in [-0.2, -0.15) is 0 Å². The zero-order chi connectivity index (χ0) is 14.1. The number of hydrogen-bond acceptors (Lipinski definition) is 3. The van der Waals surface area contributed by atoms with Crippen molar-refractivity contribution < 1.29 is 15.3 Å². The van der Waals surface area contributed by atoms with E-state index in [0.29, 0.717) is 6.42 Å². The fourth-order valence-corrected chi connectivity index (χ4v) is 1.99. The van der Waals surface area contributed by atoms with E-state index in [9.17, 15) is 10.2 Å². The molecule has 0 amide bonds. The van der Waals surface area contributed by atoms with Gasteiger partial charge in [-0.15, -0.1) is 0 Å². The molecule has 0 aliphatic carbocycles. The predicted molar refractivity (Wildman–Crippen MR) is 77.4 cm³/mol. The van der Waals surface area contributed by atoms with Crippen LogP contribution >= 0.6 is 0 Å². The molecule has 3 nitrogen and oxygen atoms in total. The van der Waals surface area contributed by atoms with E-state index in [2.05, 4.69) is 13.0 Å². The molecule has 0 aliphatic rings. The fraction of sp³-hybridized carbons (Fsp3) is 0.500. The number of phenolic OH excluding ortho intramolecular Hbond substituents is 2. The summed E-state index contributed by atoms with van der Waals surface area (Å²) in [6.07, 6.45) is 8.03. The SMILES string of the molecule is C/C(=C\Cc1cc(O)ccc1O)CCCCCCO. The van der Waals surface area contributed by atoms with Crippen LogP contribution in [0.15, 0.2) is 29.8 Å². The normalized spacial score (nSPS) is 11.8. The summed E-state index contributed by atoms with van der Waals surface area (Å²) >= 11 is 0. The van der Waals surface area contributed by atoms with E-state index >= 15 is 0 Å². The van der Waals surface area contributed by atoms with Crippen molar-refractivity contribution in [3.63, 3.8) is 0 Å². The summed E-state index contributed by atoms with van der Waals surface area (Å²) in [7, 11) is 0. The number of aliphatic hydroxyl groups is 1. The summed E-state index contributed by atoms with van der Waals surface area (Å²) in [5, 5.41) is 27.7. The second-order valence-electron chi connectivity index (χ2n) is 4.96. The van der Waals surface area contributed by atoms with Gasteiger partial charge in [-0.05, 0) is 50.8 Å². The fourth-order valence-electron chi connectivity index (χ4n) is 1.99. The number of allylic oxidation sites excluding steroid dienone is 2. The summed E-state index contributed by atoms with van der Waals surface area (Å²) in [6.45, 7) is 2.37. The Morgan fingerprint density at radius 2 is 1.84 bits per heavy atom. The molecule has 1 aromatic rings. The molecule has 106 valence electrons. The Kier molecular flexibility index (Phi) is 7.04. The summed E-state index contributed by atoms with van der Waals surface area (Å²) in [4.78, 5) is 0. The number of aromatic hydroxyl groups is 2. The second-order valence-corrected chi connectivity index (χ2v) is 4.96. The third kappa shape index (κ3) is 6.30. The minimum Gasteiger partial charge on any atom is -0.508 e. The molecular formula is C16H24O3. The van der Waals surface area contributed by atoms with Gasteiger partial charge in [-0.3, -0.25) is 0 Å². The van der Waals surface area contributed by atoms with Gasteiger partial charge in [0, 0.05) is 12.2 Å². The number of rotatable bonds is 8. The van der Waals surface area contributed by atoms with Crippen molar-refractivity contribution in [2.24, 2.45) is 0 Å². The summed E-state index contributed by atoms with van der Waals surface area (Å²) in [5.74, 6) is 0.410. The van der Waals surface area contributed by atoms with Gasteiger partial charge < -0.3 is 15.3 Å². The summed E-state index contributed by atoms with van der Waals surface area (Å²) in [6, 6.07) is 4.60. The number of aliphatic hydroxyl groups excluding tert-OH is 1. The highest BCUT2D eigenvalue weighted by atomic mass is 16.3. The van der Waals surface area contributed by atoms with Crippen molar-refractivity contribution >= 4 is 0 Å². The highest BCUT2D eigenvalue weighted by Gasteiger charge is 2.01.